The fourth-order valence-corrected chi connectivity index (χ4v) is 3.53. The number of benzene rings is 1. The number of para-hydroxylation sites is 1. The Labute approximate surface area is 142 Å². The van der Waals surface area contributed by atoms with E-state index in [1.807, 2.05) is 22.8 Å². The molecule has 1 aliphatic heterocycles. The van der Waals surface area contributed by atoms with Gasteiger partial charge in [0.2, 0.25) is 5.91 Å². The van der Waals surface area contributed by atoms with Crippen molar-refractivity contribution in [1.82, 2.24) is 14.8 Å². The predicted octanol–water partition coefficient (Wildman–Crippen LogP) is 1.85. The van der Waals surface area contributed by atoms with Crippen molar-refractivity contribution in [2.24, 2.45) is 5.92 Å². The average Bonchev–Trinajstić information content (AvgIpc) is 2.58. The Hall–Kier alpha value is -2.14. The van der Waals surface area contributed by atoms with Crippen molar-refractivity contribution in [1.29, 1.82) is 0 Å². The topological polar surface area (TPSA) is 54.3 Å². The first-order chi connectivity index (χ1) is 11.6. The standard InChI is InChI=1S/C19H25N3O2/c1-21-11-4-5-15(13-21)8-10-20-19(24)14-22-12-9-18(23)16-6-2-3-7-17(16)22/h2-3,6-7,9,12,15H,4-5,8,10-11,13-14H2,1H3,(H,20,24). The van der Waals surface area contributed by atoms with Gasteiger partial charge in [-0.25, -0.2) is 0 Å². The molecule has 1 aromatic carbocycles. The van der Waals surface area contributed by atoms with E-state index >= 15 is 0 Å². The lowest BCUT2D eigenvalue weighted by Crippen LogP contribution is -2.35. The lowest BCUT2D eigenvalue weighted by Gasteiger charge is -2.29. The molecule has 0 spiro atoms. The molecule has 0 saturated carbocycles. The second-order valence-corrected chi connectivity index (χ2v) is 6.73. The molecule has 2 heterocycles. The van der Waals surface area contributed by atoms with Crippen molar-refractivity contribution >= 4 is 16.8 Å². The molecular formula is C19H25N3O2. The van der Waals surface area contributed by atoms with Crippen LogP contribution in [0.25, 0.3) is 10.9 Å². The van der Waals surface area contributed by atoms with E-state index in [1.165, 1.54) is 25.5 Å². The zero-order valence-corrected chi connectivity index (χ0v) is 14.2. The highest BCUT2D eigenvalue weighted by atomic mass is 16.2. The first-order valence-electron chi connectivity index (χ1n) is 8.67. The number of amides is 1. The van der Waals surface area contributed by atoms with Crippen LogP contribution in [0.5, 0.6) is 0 Å². The number of pyridine rings is 1. The summed E-state index contributed by atoms with van der Waals surface area (Å²) in [6.45, 7) is 3.27. The van der Waals surface area contributed by atoms with Crippen LogP contribution in [0.1, 0.15) is 19.3 Å². The fourth-order valence-electron chi connectivity index (χ4n) is 3.53. The van der Waals surface area contributed by atoms with E-state index in [9.17, 15) is 9.59 Å². The second-order valence-electron chi connectivity index (χ2n) is 6.73. The molecule has 5 heteroatoms. The molecule has 1 aromatic heterocycles. The molecule has 1 unspecified atom stereocenters. The van der Waals surface area contributed by atoms with Crippen LogP contribution in [0, 0.1) is 5.92 Å². The van der Waals surface area contributed by atoms with E-state index in [0.717, 1.165) is 25.0 Å². The summed E-state index contributed by atoms with van der Waals surface area (Å²) in [5, 5.41) is 3.67. The van der Waals surface area contributed by atoms with Crippen LogP contribution in [0.2, 0.25) is 0 Å². The van der Waals surface area contributed by atoms with Crippen LogP contribution in [0.15, 0.2) is 41.3 Å². The Balaban J connectivity index is 1.56. The van der Waals surface area contributed by atoms with Crippen molar-refractivity contribution in [3.63, 3.8) is 0 Å². The van der Waals surface area contributed by atoms with E-state index in [2.05, 4.69) is 17.3 Å². The largest absolute Gasteiger partial charge is 0.355 e. The number of carbonyl (C=O) groups is 1. The minimum absolute atomic E-state index is 0.00651. The minimum atomic E-state index is -0.0105. The van der Waals surface area contributed by atoms with E-state index in [1.54, 1.807) is 12.3 Å². The molecule has 2 aromatic rings. The van der Waals surface area contributed by atoms with Crippen LogP contribution in [-0.4, -0.2) is 42.1 Å². The molecule has 128 valence electrons. The molecular weight excluding hydrogens is 302 g/mol. The highest BCUT2D eigenvalue weighted by Gasteiger charge is 2.17. The monoisotopic (exact) mass is 327 g/mol. The van der Waals surface area contributed by atoms with Gasteiger partial charge in [-0.05, 0) is 50.9 Å². The van der Waals surface area contributed by atoms with Crippen LogP contribution >= 0.6 is 0 Å². The molecule has 1 atom stereocenters. The maximum atomic E-state index is 12.2. The quantitative estimate of drug-likeness (QED) is 0.912. The lowest BCUT2D eigenvalue weighted by atomic mass is 9.95. The zero-order chi connectivity index (χ0) is 16.9. The molecule has 0 bridgehead atoms. The Kier molecular flexibility index (Phi) is 5.30. The van der Waals surface area contributed by atoms with Crippen molar-refractivity contribution in [2.45, 2.75) is 25.8 Å². The Bertz CT molecular complexity index is 769. The first-order valence-corrected chi connectivity index (χ1v) is 8.67. The highest BCUT2D eigenvalue weighted by molar-refractivity contribution is 5.82. The van der Waals surface area contributed by atoms with E-state index in [0.29, 0.717) is 11.3 Å². The zero-order valence-electron chi connectivity index (χ0n) is 14.2. The molecule has 5 nitrogen and oxygen atoms in total. The van der Waals surface area contributed by atoms with Crippen LogP contribution in [-0.2, 0) is 11.3 Å². The molecule has 0 radical (unpaired) electrons. The highest BCUT2D eigenvalue weighted by Crippen LogP contribution is 2.17. The SMILES string of the molecule is CN1CCCC(CCNC(=O)Cn2ccc(=O)c3ccccc32)C1. The Morgan fingerprint density at radius 2 is 2.12 bits per heavy atom. The Morgan fingerprint density at radius 3 is 2.96 bits per heavy atom. The van der Waals surface area contributed by atoms with Crippen LogP contribution in [0.4, 0.5) is 0 Å². The third-order valence-corrected chi connectivity index (χ3v) is 4.80. The van der Waals surface area contributed by atoms with Gasteiger partial charge in [-0.15, -0.1) is 0 Å². The number of fused-ring (bicyclic) bond motifs is 1. The third-order valence-electron chi connectivity index (χ3n) is 4.80. The minimum Gasteiger partial charge on any atom is -0.355 e. The average molecular weight is 327 g/mol. The summed E-state index contributed by atoms with van der Waals surface area (Å²) in [4.78, 5) is 26.5. The van der Waals surface area contributed by atoms with E-state index in [-0.39, 0.29) is 17.9 Å². The van der Waals surface area contributed by atoms with Crippen LogP contribution in [0.3, 0.4) is 0 Å². The number of carbonyl (C=O) groups excluding carboxylic acids is 1. The number of likely N-dealkylation sites (tertiary alicyclic amines) is 1. The fraction of sp³-hybridized carbons (Fsp3) is 0.474. The molecule has 1 aliphatic rings. The molecule has 1 fully saturated rings. The summed E-state index contributed by atoms with van der Waals surface area (Å²) >= 11 is 0. The van der Waals surface area contributed by atoms with Gasteiger partial charge >= 0.3 is 0 Å². The Morgan fingerprint density at radius 1 is 1.29 bits per heavy atom. The maximum Gasteiger partial charge on any atom is 0.239 e. The van der Waals surface area contributed by atoms with Gasteiger partial charge in [0.05, 0.1) is 5.52 Å². The normalized spacial score (nSPS) is 18.6. The van der Waals surface area contributed by atoms with Gasteiger partial charge in [0.25, 0.3) is 0 Å². The van der Waals surface area contributed by atoms with E-state index in [4.69, 9.17) is 0 Å². The number of nitrogens with one attached hydrogen (secondary N) is 1. The summed E-state index contributed by atoms with van der Waals surface area (Å²) in [5.41, 5.74) is 0.790. The molecule has 3 rings (SSSR count). The van der Waals surface area contributed by atoms with Gasteiger partial charge in [0, 0.05) is 30.7 Å². The molecule has 0 aliphatic carbocycles. The number of aromatic nitrogens is 1. The summed E-state index contributed by atoms with van der Waals surface area (Å²) in [6.07, 6.45) is 5.23. The summed E-state index contributed by atoms with van der Waals surface area (Å²) in [6, 6.07) is 8.92. The number of hydrogen-bond donors (Lipinski definition) is 1. The molecule has 24 heavy (non-hydrogen) atoms. The molecule has 1 N–H and O–H groups in total. The number of hydrogen-bond acceptors (Lipinski definition) is 3. The predicted molar refractivity (Wildman–Crippen MR) is 96.1 cm³/mol. The van der Waals surface area contributed by atoms with Crippen molar-refractivity contribution in [2.75, 3.05) is 26.7 Å². The van der Waals surface area contributed by atoms with Gasteiger partial charge in [0.1, 0.15) is 6.54 Å². The van der Waals surface area contributed by atoms with Gasteiger partial charge in [0.15, 0.2) is 5.43 Å². The van der Waals surface area contributed by atoms with E-state index < -0.39 is 0 Å². The summed E-state index contributed by atoms with van der Waals surface area (Å²) < 4.78 is 1.83. The van der Waals surface area contributed by atoms with Crippen molar-refractivity contribution in [3.05, 3.63) is 46.8 Å². The first kappa shape index (κ1) is 16.7. The number of nitrogens with zero attached hydrogens (tertiary/aromatic N) is 2. The maximum absolute atomic E-state index is 12.2. The van der Waals surface area contributed by atoms with Crippen molar-refractivity contribution in [3.8, 4) is 0 Å². The lowest BCUT2D eigenvalue weighted by molar-refractivity contribution is -0.121. The van der Waals surface area contributed by atoms with Gasteiger partial charge in [-0.2, -0.15) is 0 Å². The summed E-state index contributed by atoms with van der Waals surface area (Å²) in [5.74, 6) is 0.672. The van der Waals surface area contributed by atoms with Gasteiger partial charge in [-0.3, -0.25) is 9.59 Å². The van der Waals surface area contributed by atoms with Crippen molar-refractivity contribution < 1.29 is 4.79 Å². The van der Waals surface area contributed by atoms with Gasteiger partial charge in [-0.1, -0.05) is 12.1 Å². The number of rotatable bonds is 5. The molecule has 1 saturated heterocycles. The van der Waals surface area contributed by atoms with Gasteiger partial charge < -0.3 is 14.8 Å². The third kappa shape index (κ3) is 4.03. The number of piperidine rings is 1. The smallest absolute Gasteiger partial charge is 0.239 e. The molecule has 1 amide bonds. The second kappa shape index (κ2) is 7.62. The van der Waals surface area contributed by atoms with Crippen LogP contribution < -0.4 is 10.7 Å². The summed E-state index contributed by atoms with van der Waals surface area (Å²) in [7, 11) is 2.16.